The summed E-state index contributed by atoms with van der Waals surface area (Å²) < 4.78 is 5.38. The van der Waals surface area contributed by atoms with Gasteiger partial charge in [0, 0.05) is 12.5 Å². The second-order valence-corrected chi connectivity index (χ2v) is 6.59. The van der Waals surface area contributed by atoms with Crippen molar-refractivity contribution < 1.29 is 19.7 Å². The summed E-state index contributed by atoms with van der Waals surface area (Å²) in [5.41, 5.74) is 4.55. The zero-order valence-corrected chi connectivity index (χ0v) is 14.9. The summed E-state index contributed by atoms with van der Waals surface area (Å²) in [6.45, 7) is -0.000840. The molecule has 3 aromatic rings. The zero-order chi connectivity index (χ0) is 19.5. The van der Waals surface area contributed by atoms with Gasteiger partial charge in [0.05, 0.1) is 0 Å². The number of hydrogen-bond donors (Lipinski definition) is 4. The van der Waals surface area contributed by atoms with E-state index < -0.39 is 18.3 Å². The number of aliphatic hydroxyl groups is 2. The summed E-state index contributed by atoms with van der Waals surface area (Å²) in [5, 5.41) is 28.5. The fourth-order valence-corrected chi connectivity index (χ4v) is 3.49. The molecule has 28 heavy (non-hydrogen) atoms. The maximum absolute atomic E-state index is 12.1. The number of nitrogens with one attached hydrogen (secondary N) is 2. The number of aromatic nitrogens is 3. The predicted molar refractivity (Wildman–Crippen MR) is 100 cm³/mol. The van der Waals surface area contributed by atoms with Crippen LogP contribution < -0.4 is 5.32 Å². The maximum atomic E-state index is 12.1. The third-order valence-electron chi connectivity index (χ3n) is 4.88. The Hall–Kier alpha value is -3.23. The summed E-state index contributed by atoms with van der Waals surface area (Å²) in [6, 6.07) is 16.1. The molecule has 8 nitrogen and oxygen atoms in total. The highest BCUT2D eigenvalue weighted by atomic mass is 16.5. The number of rotatable bonds is 6. The molecule has 0 saturated heterocycles. The van der Waals surface area contributed by atoms with Gasteiger partial charge in [-0.15, -0.1) is 0 Å². The number of hydrogen-bond acceptors (Lipinski definition) is 6. The molecule has 2 unspecified atom stereocenters. The fourth-order valence-electron chi connectivity index (χ4n) is 3.49. The molecule has 0 fully saturated rings. The zero-order valence-electron chi connectivity index (χ0n) is 14.9. The monoisotopic (exact) mass is 380 g/mol. The van der Waals surface area contributed by atoms with E-state index in [0.717, 1.165) is 22.3 Å². The van der Waals surface area contributed by atoms with Crippen LogP contribution in [0.3, 0.4) is 0 Å². The number of benzene rings is 2. The highest BCUT2D eigenvalue weighted by Gasteiger charge is 2.29. The SMILES string of the molecule is O=C(NCC(O)C(O)c1ncn[nH]1)OCC1c2ccccc2-c2ccccc21. The number of H-pyrrole nitrogens is 1. The summed E-state index contributed by atoms with van der Waals surface area (Å²) in [7, 11) is 0. The quantitative estimate of drug-likeness (QED) is 0.517. The summed E-state index contributed by atoms with van der Waals surface area (Å²) in [4.78, 5) is 15.9. The van der Waals surface area contributed by atoms with Crippen LogP contribution in [-0.2, 0) is 4.74 Å². The van der Waals surface area contributed by atoms with Gasteiger partial charge in [0.2, 0.25) is 0 Å². The average molecular weight is 380 g/mol. The minimum absolute atomic E-state index is 0.0390. The molecule has 1 aliphatic rings. The first-order valence-electron chi connectivity index (χ1n) is 8.95. The molecule has 0 radical (unpaired) electrons. The second kappa shape index (κ2) is 7.79. The Kier molecular flexibility index (Phi) is 5.05. The number of carbonyl (C=O) groups excluding carboxylic acids is 1. The van der Waals surface area contributed by atoms with E-state index in [1.165, 1.54) is 6.33 Å². The Bertz CT molecular complexity index is 915. The number of amides is 1. The average Bonchev–Trinajstić information content (AvgIpc) is 3.37. The first-order chi connectivity index (χ1) is 13.6. The molecule has 1 heterocycles. The lowest BCUT2D eigenvalue weighted by Gasteiger charge is -2.17. The molecule has 0 spiro atoms. The Labute approximate surface area is 161 Å². The largest absolute Gasteiger partial charge is 0.449 e. The Morgan fingerprint density at radius 3 is 2.36 bits per heavy atom. The Morgan fingerprint density at radius 2 is 1.75 bits per heavy atom. The van der Waals surface area contributed by atoms with Gasteiger partial charge >= 0.3 is 6.09 Å². The molecule has 4 N–H and O–H groups in total. The molecule has 2 atom stereocenters. The minimum Gasteiger partial charge on any atom is -0.449 e. The molecule has 1 amide bonds. The highest BCUT2D eigenvalue weighted by Crippen LogP contribution is 2.44. The van der Waals surface area contributed by atoms with Gasteiger partial charge in [0.1, 0.15) is 25.1 Å². The van der Waals surface area contributed by atoms with E-state index in [-0.39, 0.29) is 24.9 Å². The van der Waals surface area contributed by atoms with Crippen molar-refractivity contribution in [2.45, 2.75) is 18.1 Å². The lowest BCUT2D eigenvalue weighted by atomic mass is 9.98. The van der Waals surface area contributed by atoms with E-state index in [1.807, 2.05) is 36.4 Å². The minimum atomic E-state index is -1.28. The molecular formula is C20H20N4O4. The lowest BCUT2D eigenvalue weighted by Crippen LogP contribution is -2.36. The van der Waals surface area contributed by atoms with Crippen LogP contribution in [0.25, 0.3) is 11.1 Å². The number of alkyl carbamates (subject to hydrolysis) is 1. The first kappa shape index (κ1) is 18.1. The van der Waals surface area contributed by atoms with Crippen molar-refractivity contribution in [2.24, 2.45) is 0 Å². The molecule has 2 aromatic carbocycles. The van der Waals surface area contributed by atoms with Gasteiger partial charge in [0.25, 0.3) is 0 Å². The van der Waals surface area contributed by atoms with Crippen molar-refractivity contribution in [3.8, 4) is 11.1 Å². The summed E-state index contributed by atoms with van der Waals surface area (Å²) >= 11 is 0. The normalized spacial score (nSPS) is 14.8. The molecular weight excluding hydrogens is 360 g/mol. The van der Waals surface area contributed by atoms with Crippen molar-refractivity contribution in [1.29, 1.82) is 0 Å². The molecule has 4 rings (SSSR count). The Balaban J connectivity index is 1.35. The van der Waals surface area contributed by atoms with E-state index in [9.17, 15) is 15.0 Å². The van der Waals surface area contributed by atoms with Gasteiger partial charge in [0.15, 0.2) is 5.82 Å². The van der Waals surface area contributed by atoms with Crippen molar-refractivity contribution in [3.05, 3.63) is 71.8 Å². The van der Waals surface area contributed by atoms with E-state index in [4.69, 9.17) is 4.74 Å². The topological polar surface area (TPSA) is 120 Å². The van der Waals surface area contributed by atoms with E-state index in [2.05, 4.69) is 32.6 Å². The van der Waals surface area contributed by atoms with Gasteiger partial charge in [-0.3, -0.25) is 5.10 Å². The number of nitrogens with zero attached hydrogens (tertiary/aromatic N) is 2. The third kappa shape index (κ3) is 3.47. The molecule has 144 valence electrons. The van der Waals surface area contributed by atoms with Crippen LogP contribution in [0.4, 0.5) is 4.79 Å². The van der Waals surface area contributed by atoms with E-state index in [1.54, 1.807) is 0 Å². The predicted octanol–water partition coefficient (Wildman–Crippen LogP) is 1.74. The van der Waals surface area contributed by atoms with Crippen molar-refractivity contribution >= 4 is 6.09 Å². The standard InChI is InChI=1S/C20H20N4O4/c25-17(18(26)19-22-11-23-24-19)9-21-20(27)28-10-16-14-7-3-1-5-12(14)13-6-2-4-8-15(13)16/h1-8,11,16-18,25-26H,9-10H2,(H,21,27)(H,22,23,24). The number of aliphatic hydroxyl groups excluding tert-OH is 2. The van der Waals surface area contributed by atoms with Crippen molar-refractivity contribution in [3.63, 3.8) is 0 Å². The fraction of sp³-hybridized carbons (Fsp3) is 0.250. The van der Waals surface area contributed by atoms with Crippen LogP contribution in [0, 0.1) is 0 Å². The van der Waals surface area contributed by atoms with Gasteiger partial charge in [-0.2, -0.15) is 5.10 Å². The van der Waals surface area contributed by atoms with Crippen LogP contribution in [-0.4, -0.2) is 50.7 Å². The molecule has 8 heteroatoms. The van der Waals surface area contributed by atoms with Gasteiger partial charge in [-0.25, -0.2) is 9.78 Å². The lowest BCUT2D eigenvalue weighted by molar-refractivity contribution is 0.0136. The molecule has 1 aromatic heterocycles. The van der Waals surface area contributed by atoms with Crippen LogP contribution in [0.5, 0.6) is 0 Å². The van der Waals surface area contributed by atoms with Gasteiger partial charge in [-0.1, -0.05) is 48.5 Å². The molecule has 0 bridgehead atoms. The first-order valence-corrected chi connectivity index (χ1v) is 8.95. The number of fused-ring (bicyclic) bond motifs is 3. The van der Waals surface area contributed by atoms with Crippen molar-refractivity contribution in [2.75, 3.05) is 13.2 Å². The summed E-state index contributed by atoms with van der Waals surface area (Å²) in [6.07, 6.45) is -1.96. The van der Waals surface area contributed by atoms with Crippen LogP contribution >= 0.6 is 0 Å². The summed E-state index contributed by atoms with van der Waals surface area (Å²) in [5.74, 6) is 0.0877. The second-order valence-electron chi connectivity index (χ2n) is 6.59. The van der Waals surface area contributed by atoms with Crippen molar-refractivity contribution in [1.82, 2.24) is 20.5 Å². The van der Waals surface area contributed by atoms with Gasteiger partial charge in [-0.05, 0) is 22.3 Å². The maximum Gasteiger partial charge on any atom is 0.407 e. The van der Waals surface area contributed by atoms with E-state index >= 15 is 0 Å². The highest BCUT2D eigenvalue weighted by molar-refractivity contribution is 5.79. The molecule has 0 aliphatic heterocycles. The Morgan fingerprint density at radius 1 is 1.11 bits per heavy atom. The molecule has 0 saturated carbocycles. The van der Waals surface area contributed by atoms with Crippen LogP contribution in [0.15, 0.2) is 54.9 Å². The number of ether oxygens (including phenoxy) is 1. The third-order valence-corrected chi connectivity index (χ3v) is 4.88. The van der Waals surface area contributed by atoms with Crippen LogP contribution in [0.2, 0.25) is 0 Å². The smallest absolute Gasteiger partial charge is 0.407 e. The van der Waals surface area contributed by atoms with Gasteiger partial charge < -0.3 is 20.3 Å². The van der Waals surface area contributed by atoms with Crippen LogP contribution in [0.1, 0.15) is 29.0 Å². The van der Waals surface area contributed by atoms with E-state index in [0.29, 0.717) is 0 Å². The number of carbonyl (C=O) groups is 1. The molecule has 1 aliphatic carbocycles. The number of aromatic amines is 1.